The molecule has 2 aromatic rings. The molecule has 1 aromatic carbocycles. The predicted molar refractivity (Wildman–Crippen MR) is 75.8 cm³/mol. The summed E-state index contributed by atoms with van der Waals surface area (Å²) in [5.74, 6) is -0.756. The van der Waals surface area contributed by atoms with Crippen LogP contribution >= 0.6 is 11.6 Å². The number of rotatable bonds is 3. The largest absolute Gasteiger partial charge is 0.481 e. The minimum absolute atomic E-state index is 0.155. The second-order valence-corrected chi connectivity index (χ2v) is 5.53. The quantitative estimate of drug-likeness (QED) is 0.930. The van der Waals surface area contributed by atoms with Crippen LogP contribution < -0.4 is 0 Å². The Balaban J connectivity index is 2.16. The number of fused-ring (bicyclic) bond motifs is 3. The second kappa shape index (κ2) is 4.89. The lowest BCUT2D eigenvalue weighted by molar-refractivity contribution is -0.137. The van der Waals surface area contributed by atoms with E-state index in [1.54, 1.807) is 0 Å². The van der Waals surface area contributed by atoms with Crippen LogP contribution in [0, 0.1) is 0 Å². The summed E-state index contributed by atoms with van der Waals surface area (Å²) in [7, 11) is 0. The highest BCUT2D eigenvalue weighted by Gasteiger charge is 2.20. The van der Waals surface area contributed by atoms with Crippen LogP contribution in [0.2, 0.25) is 5.02 Å². The summed E-state index contributed by atoms with van der Waals surface area (Å²) in [5.41, 5.74) is 3.79. The normalized spacial score (nSPS) is 14.6. The number of nitrogens with zero attached hydrogens (tertiary/aromatic N) is 1. The number of carboxylic acids is 1. The van der Waals surface area contributed by atoms with Gasteiger partial charge < -0.3 is 9.67 Å². The first kappa shape index (κ1) is 12.5. The maximum absolute atomic E-state index is 10.8. The Kier molecular flexibility index (Phi) is 3.23. The van der Waals surface area contributed by atoms with Crippen molar-refractivity contribution in [3.05, 3.63) is 34.5 Å². The number of carboxylic acid groups (broad SMARTS) is 1. The molecule has 1 heterocycles. The van der Waals surface area contributed by atoms with Gasteiger partial charge in [0.1, 0.15) is 0 Å². The van der Waals surface area contributed by atoms with Gasteiger partial charge in [-0.3, -0.25) is 4.79 Å². The van der Waals surface area contributed by atoms with Crippen molar-refractivity contribution in [3.63, 3.8) is 0 Å². The lowest BCUT2D eigenvalue weighted by atomic mass is 9.95. The number of aryl methyl sites for hydroxylation is 2. The molecule has 0 spiro atoms. The standard InChI is InChI=1S/C15H16ClNO2/c16-10-5-6-12-11-3-1-2-4-13(11)17(14(12)9-10)8-7-15(18)19/h5-6,9H,1-4,7-8H2,(H,18,19). The molecule has 0 atom stereocenters. The average molecular weight is 278 g/mol. The number of aliphatic carboxylic acids is 1. The summed E-state index contributed by atoms with van der Waals surface area (Å²) in [6, 6.07) is 5.94. The smallest absolute Gasteiger partial charge is 0.305 e. The van der Waals surface area contributed by atoms with Gasteiger partial charge in [-0.15, -0.1) is 0 Å². The molecule has 0 saturated carbocycles. The zero-order valence-electron chi connectivity index (χ0n) is 10.7. The number of aromatic nitrogens is 1. The minimum atomic E-state index is -0.756. The Labute approximate surface area is 116 Å². The third kappa shape index (κ3) is 2.23. The van der Waals surface area contributed by atoms with Crippen LogP contribution in [0.5, 0.6) is 0 Å². The Bertz CT molecular complexity index is 645. The van der Waals surface area contributed by atoms with Crippen molar-refractivity contribution in [2.75, 3.05) is 0 Å². The van der Waals surface area contributed by atoms with Crippen LogP contribution in [-0.4, -0.2) is 15.6 Å². The van der Waals surface area contributed by atoms with Gasteiger partial charge in [-0.05, 0) is 43.4 Å². The number of hydrogen-bond donors (Lipinski definition) is 1. The SMILES string of the molecule is O=C(O)CCn1c2c(c3ccc(Cl)cc31)CCCC2. The summed E-state index contributed by atoms with van der Waals surface area (Å²) >= 11 is 6.09. The van der Waals surface area contributed by atoms with E-state index in [1.807, 2.05) is 12.1 Å². The van der Waals surface area contributed by atoms with Crippen molar-refractivity contribution in [2.45, 2.75) is 38.6 Å². The van der Waals surface area contributed by atoms with Gasteiger partial charge in [0, 0.05) is 28.2 Å². The van der Waals surface area contributed by atoms with Gasteiger partial charge in [-0.25, -0.2) is 0 Å². The predicted octanol–water partition coefficient (Wildman–Crippen LogP) is 3.65. The van der Waals surface area contributed by atoms with E-state index < -0.39 is 5.97 Å². The third-order valence-corrected chi connectivity index (χ3v) is 4.12. The van der Waals surface area contributed by atoms with Crippen LogP contribution in [0.3, 0.4) is 0 Å². The molecule has 3 nitrogen and oxygen atoms in total. The molecule has 1 aliphatic carbocycles. The molecule has 1 aliphatic rings. The number of halogens is 1. The van der Waals surface area contributed by atoms with Crippen molar-refractivity contribution in [2.24, 2.45) is 0 Å². The number of carbonyl (C=O) groups is 1. The zero-order valence-corrected chi connectivity index (χ0v) is 11.4. The molecule has 1 aromatic heterocycles. The van der Waals surface area contributed by atoms with E-state index in [9.17, 15) is 4.79 Å². The van der Waals surface area contributed by atoms with E-state index in [0.29, 0.717) is 11.6 Å². The Morgan fingerprint density at radius 2 is 2.11 bits per heavy atom. The average Bonchev–Trinajstić information content (AvgIpc) is 2.69. The van der Waals surface area contributed by atoms with E-state index in [4.69, 9.17) is 16.7 Å². The fourth-order valence-corrected chi connectivity index (χ4v) is 3.24. The molecule has 19 heavy (non-hydrogen) atoms. The van der Waals surface area contributed by atoms with Crippen molar-refractivity contribution in [1.82, 2.24) is 4.57 Å². The van der Waals surface area contributed by atoms with Crippen LogP contribution in [0.15, 0.2) is 18.2 Å². The van der Waals surface area contributed by atoms with E-state index >= 15 is 0 Å². The van der Waals surface area contributed by atoms with E-state index in [0.717, 1.165) is 18.4 Å². The summed E-state index contributed by atoms with van der Waals surface area (Å²) in [6.45, 7) is 0.529. The first-order chi connectivity index (χ1) is 9.16. The second-order valence-electron chi connectivity index (χ2n) is 5.09. The minimum Gasteiger partial charge on any atom is -0.481 e. The Morgan fingerprint density at radius 1 is 1.32 bits per heavy atom. The fourth-order valence-electron chi connectivity index (χ4n) is 3.07. The monoisotopic (exact) mass is 277 g/mol. The lowest BCUT2D eigenvalue weighted by Gasteiger charge is -2.15. The van der Waals surface area contributed by atoms with Crippen LogP contribution in [0.1, 0.15) is 30.5 Å². The zero-order chi connectivity index (χ0) is 13.4. The molecule has 0 fully saturated rings. The molecular weight excluding hydrogens is 262 g/mol. The summed E-state index contributed by atoms with van der Waals surface area (Å²) in [5, 5.41) is 10.9. The fraction of sp³-hybridized carbons (Fsp3) is 0.400. The van der Waals surface area contributed by atoms with Crippen LogP contribution in [0.4, 0.5) is 0 Å². The van der Waals surface area contributed by atoms with Crippen LogP contribution in [-0.2, 0) is 24.2 Å². The molecule has 0 bridgehead atoms. The van der Waals surface area contributed by atoms with Crippen molar-refractivity contribution < 1.29 is 9.90 Å². The van der Waals surface area contributed by atoms with Crippen molar-refractivity contribution in [1.29, 1.82) is 0 Å². The molecule has 0 unspecified atom stereocenters. The van der Waals surface area contributed by atoms with Gasteiger partial charge in [0.25, 0.3) is 0 Å². The molecule has 0 amide bonds. The molecule has 3 rings (SSSR count). The molecule has 4 heteroatoms. The first-order valence-electron chi connectivity index (χ1n) is 6.68. The Morgan fingerprint density at radius 3 is 2.89 bits per heavy atom. The van der Waals surface area contributed by atoms with Crippen molar-refractivity contribution in [3.8, 4) is 0 Å². The molecule has 0 radical (unpaired) electrons. The summed E-state index contributed by atoms with van der Waals surface area (Å²) < 4.78 is 2.16. The lowest BCUT2D eigenvalue weighted by Crippen LogP contribution is -2.10. The highest BCUT2D eigenvalue weighted by Crippen LogP contribution is 2.33. The van der Waals surface area contributed by atoms with E-state index in [-0.39, 0.29) is 6.42 Å². The van der Waals surface area contributed by atoms with Gasteiger partial charge in [0.2, 0.25) is 0 Å². The number of hydrogen-bond acceptors (Lipinski definition) is 1. The number of benzene rings is 1. The van der Waals surface area contributed by atoms with Gasteiger partial charge in [0.15, 0.2) is 0 Å². The molecular formula is C15H16ClNO2. The van der Waals surface area contributed by atoms with Crippen molar-refractivity contribution >= 4 is 28.5 Å². The summed E-state index contributed by atoms with van der Waals surface area (Å²) in [4.78, 5) is 10.8. The van der Waals surface area contributed by atoms with Gasteiger partial charge in [-0.2, -0.15) is 0 Å². The molecule has 1 N–H and O–H groups in total. The third-order valence-electron chi connectivity index (χ3n) is 3.89. The van der Waals surface area contributed by atoms with Gasteiger partial charge >= 0.3 is 5.97 Å². The van der Waals surface area contributed by atoms with E-state index in [1.165, 1.54) is 29.5 Å². The topological polar surface area (TPSA) is 42.2 Å². The Hall–Kier alpha value is -1.48. The highest BCUT2D eigenvalue weighted by molar-refractivity contribution is 6.31. The molecule has 0 saturated heterocycles. The molecule has 0 aliphatic heterocycles. The van der Waals surface area contributed by atoms with Crippen LogP contribution in [0.25, 0.3) is 10.9 Å². The van der Waals surface area contributed by atoms with E-state index in [2.05, 4.69) is 10.6 Å². The maximum atomic E-state index is 10.8. The molecule has 100 valence electrons. The first-order valence-corrected chi connectivity index (χ1v) is 7.06. The highest BCUT2D eigenvalue weighted by atomic mass is 35.5. The summed E-state index contributed by atoms with van der Waals surface area (Å²) in [6.07, 6.45) is 4.69. The van der Waals surface area contributed by atoms with Gasteiger partial charge in [-0.1, -0.05) is 17.7 Å². The van der Waals surface area contributed by atoms with Gasteiger partial charge in [0.05, 0.1) is 6.42 Å². The maximum Gasteiger partial charge on any atom is 0.305 e.